The first kappa shape index (κ1) is 14.1. The van der Waals surface area contributed by atoms with Crippen molar-refractivity contribution in [1.29, 1.82) is 0 Å². The highest BCUT2D eigenvalue weighted by molar-refractivity contribution is 9.10. The quantitative estimate of drug-likeness (QED) is 0.898. The lowest BCUT2D eigenvalue weighted by Crippen LogP contribution is -2.10. The minimum atomic E-state index is 0.246. The average molecular weight is 330 g/mol. The van der Waals surface area contributed by atoms with E-state index >= 15 is 0 Å². The van der Waals surface area contributed by atoms with Gasteiger partial charge in [0.25, 0.3) is 0 Å². The Morgan fingerprint density at radius 2 is 2.00 bits per heavy atom. The number of nitrogens with one attached hydrogen (secondary N) is 1. The fraction of sp³-hybridized carbons (Fsp3) is 0.692. The third-order valence-corrected chi connectivity index (χ3v) is 4.81. The average Bonchev–Trinajstić information content (AvgIpc) is 3.10. The van der Waals surface area contributed by atoms with Gasteiger partial charge in [-0.2, -0.15) is 0 Å². The van der Waals surface area contributed by atoms with Crippen LogP contribution in [0.5, 0.6) is 0 Å². The summed E-state index contributed by atoms with van der Waals surface area (Å²) in [5, 5.41) is 3.15. The zero-order valence-corrected chi connectivity index (χ0v) is 13.8. The van der Waals surface area contributed by atoms with Crippen LogP contribution in [0.15, 0.2) is 4.47 Å². The number of thioether (sulfide) groups is 1. The summed E-state index contributed by atoms with van der Waals surface area (Å²) in [5.41, 5.74) is 1.18. The van der Waals surface area contributed by atoms with Crippen molar-refractivity contribution < 1.29 is 0 Å². The summed E-state index contributed by atoms with van der Waals surface area (Å²) in [6.45, 7) is 6.66. The van der Waals surface area contributed by atoms with Crippen LogP contribution in [-0.2, 0) is 5.75 Å². The minimum Gasteiger partial charge on any atom is -0.372 e. The second-order valence-electron chi connectivity index (χ2n) is 5.61. The molecule has 0 aromatic carbocycles. The Balaban J connectivity index is 2.22. The first-order valence-corrected chi connectivity index (χ1v) is 8.06. The molecule has 0 unspecified atom stereocenters. The van der Waals surface area contributed by atoms with Gasteiger partial charge in [0, 0.05) is 17.7 Å². The van der Waals surface area contributed by atoms with E-state index in [1.54, 1.807) is 0 Å². The van der Waals surface area contributed by atoms with Crippen molar-refractivity contribution in [3.05, 3.63) is 16.0 Å². The van der Waals surface area contributed by atoms with Gasteiger partial charge in [0.2, 0.25) is 0 Å². The van der Waals surface area contributed by atoms with E-state index in [1.165, 1.54) is 18.5 Å². The summed E-state index contributed by atoms with van der Waals surface area (Å²) < 4.78 is 1.28. The van der Waals surface area contributed by atoms with Crippen molar-refractivity contribution in [2.45, 2.75) is 50.0 Å². The molecule has 0 aliphatic heterocycles. The molecular weight excluding hydrogens is 310 g/mol. The molecule has 100 valence electrons. The van der Waals surface area contributed by atoms with Crippen LogP contribution in [0.2, 0.25) is 0 Å². The van der Waals surface area contributed by atoms with E-state index in [0.29, 0.717) is 5.92 Å². The molecular formula is C13H20BrN3S. The molecule has 1 aromatic rings. The van der Waals surface area contributed by atoms with E-state index in [2.05, 4.69) is 47.0 Å². The van der Waals surface area contributed by atoms with Gasteiger partial charge in [0.1, 0.15) is 11.6 Å². The minimum absolute atomic E-state index is 0.246. The Kier molecular flexibility index (Phi) is 4.22. The number of rotatable bonds is 4. The fourth-order valence-corrected chi connectivity index (χ4v) is 3.04. The van der Waals surface area contributed by atoms with Gasteiger partial charge in [-0.1, -0.05) is 20.8 Å². The van der Waals surface area contributed by atoms with Gasteiger partial charge in [-0.3, -0.25) is 0 Å². The Hall–Kier alpha value is -0.290. The van der Waals surface area contributed by atoms with Crippen molar-refractivity contribution in [2.75, 3.05) is 12.4 Å². The van der Waals surface area contributed by atoms with Crippen molar-refractivity contribution in [1.82, 2.24) is 9.97 Å². The molecule has 2 rings (SSSR count). The monoisotopic (exact) mass is 329 g/mol. The molecule has 0 bridgehead atoms. The number of anilines is 1. The van der Waals surface area contributed by atoms with Crippen molar-refractivity contribution >= 4 is 33.5 Å². The second-order valence-corrected chi connectivity index (χ2v) is 8.21. The van der Waals surface area contributed by atoms with Crippen LogP contribution in [0.4, 0.5) is 5.82 Å². The number of aromatic nitrogens is 2. The molecule has 0 amide bonds. The van der Waals surface area contributed by atoms with E-state index in [4.69, 9.17) is 4.98 Å². The molecule has 0 atom stereocenters. The predicted molar refractivity (Wildman–Crippen MR) is 82.3 cm³/mol. The maximum Gasteiger partial charge on any atom is 0.144 e. The highest BCUT2D eigenvalue weighted by Crippen LogP contribution is 2.44. The lowest BCUT2D eigenvalue weighted by Gasteiger charge is -2.17. The van der Waals surface area contributed by atoms with Crippen molar-refractivity contribution in [3.63, 3.8) is 0 Å². The summed E-state index contributed by atoms with van der Waals surface area (Å²) in [6.07, 6.45) is 2.51. The van der Waals surface area contributed by atoms with Gasteiger partial charge in [0.15, 0.2) is 0 Å². The van der Waals surface area contributed by atoms with Crippen LogP contribution < -0.4 is 5.32 Å². The normalized spacial score (nSPS) is 15.8. The van der Waals surface area contributed by atoms with Crippen LogP contribution >= 0.6 is 27.7 Å². The molecule has 1 fully saturated rings. The van der Waals surface area contributed by atoms with Crippen LogP contribution in [0.25, 0.3) is 0 Å². The maximum absolute atomic E-state index is 4.73. The smallest absolute Gasteiger partial charge is 0.144 e. The Morgan fingerprint density at radius 1 is 1.33 bits per heavy atom. The van der Waals surface area contributed by atoms with E-state index in [9.17, 15) is 0 Å². The molecule has 18 heavy (non-hydrogen) atoms. The van der Waals surface area contributed by atoms with Gasteiger partial charge in [0.05, 0.1) is 15.9 Å². The molecule has 0 saturated heterocycles. The maximum atomic E-state index is 4.73. The highest BCUT2D eigenvalue weighted by Gasteiger charge is 2.29. The molecule has 1 aliphatic rings. The summed E-state index contributed by atoms with van der Waals surface area (Å²) in [4.78, 5) is 9.30. The lowest BCUT2D eigenvalue weighted by molar-refractivity contribution is 0.799. The van der Waals surface area contributed by atoms with Gasteiger partial charge >= 0.3 is 0 Å². The first-order valence-electron chi connectivity index (χ1n) is 6.28. The molecule has 1 heterocycles. The number of halogens is 1. The van der Waals surface area contributed by atoms with Crippen LogP contribution in [0.3, 0.4) is 0 Å². The van der Waals surface area contributed by atoms with E-state index in [0.717, 1.165) is 21.9 Å². The molecule has 1 aromatic heterocycles. The summed E-state index contributed by atoms with van der Waals surface area (Å²) in [5.74, 6) is 3.35. The topological polar surface area (TPSA) is 37.8 Å². The summed E-state index contributed by atoms with van der Waals surface area (Å²) in [7, 11) is 1.91. The molecule has 1 saturated carbocycles. The standard InChI is InChI=1S/C13H20BrN3S/c1-13(2,3)18-7-9-16-11(8-5-6-8)10(14)12(15-4)17-9/h8H,5-7H2,1-4H3,(H,15,16,17). The van der Waals surface area contributed by atoms with Gasteiger partial charge in [-0.15, -0.1) is 11.8 Å². The van der Waals surface area contributed by atoms with Crippen LogP contribution in [-0.4, -0.2) is 21.8 Å². The predicted octanol–water partition coefficient (Wildman–Crippen LogP) is 4.19. The molecule has 5 heteroatoms. The van der Waals surface area contributed by atoms with E-state index in [-0.39, 0.29) is 4.75 Å². The Morgan fingerprint density at radius 3 is 2.50 bits per heavy atom. The largest absolute Gasteiger partial charge is 0.372 e. The van der Waals surface area contributed by atoms with E-state index in [1.807, 2.05) is 18.8 Å². The third-order valence-electron chi connectivity index (χ3n) is 2.76. The number of hydrogen-bond acceptors (Lipinski definition) is 4. The fourth-order valence-electron chi connectivity index (χ4n) is 1.65. The molecule has 3 nitrogen and oxygen atoms in total. The van der Waals surface area contributed by atoms with Crippen LogP contribution in [0.1, 0.15) is 51.0 Å². The first-order chi connectivity index (χ1) is 8.40. The summed E-state index contributed by atoms with van der Waals surface area (Å²) in [6, 6.07) is 0. The van der Waals surface area contributed by atoms with Crippen molar-refractivity contribution in [2.24, 2.45) is 0 Å². The molecule has 0 spiro atoms. The SMILES string of the molecule is CNc1nc(CSC(C)(C)C)nc(C2CC2)c1Br. The highest BCUT2D eigenvalue weighted by atomic mass is 79.9. The molecule has 1 N–H and O–H groups in total. The van der Waals surface area contributed by atoms with Gasteiger partial charge < -0.3 is 5.32 Å². The van der Waals surface area contributed by atoms with Crippen molar-refractivity contribution in [3.8, 4) is 0 Å². The van der Waals surface area contributed by atoms with E-state index < -0.39 is 0 Å². The third kappa shape index (κ3) is 3.60. The number of hydrogen-bond donors (Lipinski definition) is 1. The zero-order chi connectivity index (χ0) is 13.3. The summed E-state index contributed by atoms with van der Waals surface area (Å²) >= 11 is 5.50. The lowest BCUT2D eigenvalue weighted by atomic mass is 10.2. The van der Waals surface area contributed by atoms with Gasteiger partial charge in [-0.05, 0) is 28.8 Å². The second kappa shape index (κ2) is 5.37. The number of nitrogens with zero attached hydrogens (tertiary/aromatic N) is 2. The Labute approximate surface area is 122 Å². The Bertz CT molecular complexity index is 439. The molecule has 1 aliphatic carbocycles. The zero-order valence-electron chi connectivity index (χ0n) is 11.4. The van der Waals surface area contributed by atoms with Gasteiger partial charge in [-0.25, -0.2) is 9.97 Å². The van der Waals surface area contributed by atoms with Crippen LogP contribution in [0, 0.1) is 0 Å². The molecule has 0 radical (unpaired) electrons.